The highest BCUT2D eigenvalue weighted by Gasteiger charge is 2.05. The topological polar surface area (TPSA) is 24.7 Å². The number of aliphatic imine (C=N–C) groups is 2. The van der Waals surface area contributed by atoms with Crippen LogP contribution in [0.3, 0.4) is 0 Å². The van der Waals surface area contributed by atoms with E-state index in [2.05, 4.69) is 70.6 Å². The average molecular weight is 447 g/mol. The van der Waals surface area contributed by atoms with E-state index in [0.29, 0.717) is 0 Å². The lowest BCUT2D eigenvalue weighted by atomic mass is 10.2. The molecule has 2 heterocycles. The zero-order valence-electron chi connectivity index (χ0n) is 18.7. The molecule has 2 aromatic carbocycles. The first-order valence-corrected chi connectivity index (χ1v) is 12.4. The zero-order valence-corrected chi connectivity index (χ0v) is 20.3. The molecule has 0 fully saturated rings. The van der Waals surface area contributed by atoms with Gasteiger partial charge in [0.15, 0.2) is 0 Å². The van der Waals surface area contributed by atoms with Crippen LogP contribution >= 0.6 is 22.7 Å². The van der Waals surface area contributed by atoms with Crippen molar-refractivity contribution in [1.82, 2.24) is 0 Å². The summed E-state index contributed by atoms with van der Waals surface area (Å²) in [6.07, 6.45) is 4.74. The third-order valence-corrected chi connectivity index (χ3v) is 6.14. The molecule has 0 radical (unpaired) electrons. The Hall–Kier alpha value is -2.82. The van der Waals surface area contributed by atoms with E-state index in [4.69, 9.17) is 0 Å². The lowest BCUT2D eigenvalue weighted by Crippen LogP contribution is -1.83. The van der Waals surface area contributed by atoms with Gasteiger partial charge in [0.05, 0.1) is 0 Å². The quantitative estimate of drug-likeness (QED) is 0.264. The highest BCUT2D eigenvalue weighted by molar-refractivity contribution is 7.25. The van der Waals surface area contributed by atoms with E-state index >= 15 is 0 Å². The fraction of sp³-hybridized carbons (Fsp3) is 0.185. The van der Waals surface area contributed by atoms with E-state index in [-0.39, 0.29) is 0 Å². The van der Waals surface area contributed by atoms with Gasteiger partial charge in [0.25, 0.3) is 0 Å². The molecule has 4 rings (SSSR count). The van der Waals surface area contributed by atoms with Crippen LogP contribution in [0.15, 0.2) is 94.9 Å². The summed E-state index contributed by atoms with van der Waals surface area (Å²) >= 11 is 3.41. The van der Waals surface area contributed by atoms with Crippen molar-refractivity contribution in [3.63, 3.8) is 0 Å². The first-order chi connectivity index (χ1) is 15.4. The summed E-state index contributed by atoms with van der Waals surface area (Å²) in [7, 11) is 0. The van der Waals surface area contributed by atoms with Crippen LogP contribution < -0.4 is 0 Å². The lowest BCUT2D eigenvalue weighted by molar-refractivity contribution is 1.35. The first-order valence-electron chi connectivity index (χ1n) is 10.7. The molecule has 2 aromatic heterocycles. The Balaban J connectivity index is 0.000000807. The Morgan fingerprint density at radius 2 is 1.13 bits per heavy atom. The van der Waals surface area contributed by atoms with Crippen molar-refractivity contribution in [2.45, 2.75) is 34.1 Å². The fourth-order valence-corrected chi connectivity index (χ4v) is 4.41. The van der Waals surface area contributed by atoms with E-state index in [1.165, 1.54) is 15.3 Å². The monoisotopic (exact) mass is 446 g/mol. The van der Waals surface area contributed by atoms with E-state index in [1.807, 2.05) is 64.4 Å². The molecular formula is C27H30N2S2. The molecule has 0 aliphatic heterocycles. The number of rotatable bonds is 6. The van der Waals surface area contributed by atoms with Crippen LogP contribution in [0.5, 0.6) is 0 Å². The predicted molar refractivity (Wildman–Crippen MR) is 142 cm³/mol. The largest absolute Gasteiger partial charge is 0.250 e. The third kappa shape index (κ3) is 8.08. The first kappa shape index (κ1) is 24.4. The van der Waals surface area contributed by atoms with Crippen molar-refractivity contribution < 1.29 is 0 Å². The molecule has 4 aromatic rings. The van der Waals surface area contributed by atoms with E-state index in [9.17, 15) is 0 Å². The Morgan fingerprint density at radius 1 is 0.613 bits per heavy atom. The number of hydrogen-bond donors (Lipinski definition) is 0. The SMILES string of the molecule is C(/Cc1ccccc1)=N\c1ccc(-c2ccc(/N=C/c3ccccc3)s2)s1.CC.CC. The second-order valence-electron chi connectivity index (χ2n) is 5.95. The minimum Gasteiger partial charge on any atom is -0.250 e. The van der Waals surface area contributed by atoms with Gasteiger partial charge in [0.1, 0.15) is 10.0 Å². The van der Waals surface area contributed by atoms with Crippen molar-refractivity contribution in [3.05, 3.63) is 96.1 Å². The summed E-state index contributed by atoms with van der Waals surface area (Å²) in [5.41, 5.74) is 2.39. The molecule has 0 saturated carbocycles. The maximum Gasteiger partial charge on any atom is 0.116 e. The minimum absolute atomic E-state index is 0.853. The van der Waals surface area contributed by atoms with Gasteiger partial charge < -0.3 is 0 Å². The second kappa shape index (κ2) is 14.2. The third-order valence-electron chi connectivity index (χ3n) is 3.96. The predicted octanol–water partition coefficient (Wildman–Crippen LogP) is 9.22. The Labute approximate surface area is 194 Å². The Morgan fingerprint density at radius 3 is 1.71 bits per heavy atom. The van der Waals surface area contributed by atoms with Crippen molar-refractivity contribution in [1.29, 1.82) is 0 Å². The van der Waals surface area contributed by atoms with Crippen LogP contribution in [0.25, 0.3) is 9.75 Å². The van der Waals surface area contributed by atoms with E-state index in [0.717, 1.165) is 22.0 Å². The van der Waals surface area contributed by atoms with Gasteiger partial charge >= 0.3 is 0 Å². The highest BCUT2D eigenvalue weighted by Crippen LogP contribution is 2.39. The summed E-state index contributed by atoms with van der Waals surface area (Å²) in [4.78, 5) is 11.6. The molecule has 0 N–H and O–H groups in total. The number of hydrogen-bond acceptors (Lipinski definition) is 4. The smallest absolute Gasteiger partial charge is 0.116 e. The lowest BCUT2D eigenvalue weighted by Gasteiger charge is -1.93. The van der Waals surface area contributed by atoms with Gasteiger partial charge in [-0.1, -0.05) is 88.4 Å². The number of benzene rings is 2. The number of thiophene rings is 2. The van der Waals surface area contributed by atoms with Gasteiger partial charge in [-0.2, -0.15) is 0 Å². The summed E-state index contributed by atoms with van der Waals surface area (Å²) < 4.78 is 0. The van der Waals surface area contributed by atoms with Gasteiger partial charge in [0, 0.05) is 28.6 Å². The molecule has 0 unspecified atom stereocenters. The zero-order chi connectivity index (χ0) is 22.3. The normalized spacial score (nSPS) is 10.5. The molecule has 0 spiro atoms. The Kier molecular flexibility index (Phi) is 11.2. The average Bonchev–Trinajstić information content (AvgIpc) is 3.51. The molecule has 2 nitrogen and oxygen atoms in total. The summed E-state index contributed by atoms with van der Waals surface area (Å²) in [5, 5.41) is 2.04. The number of nitrogens with zero attached hydrogens (tertiary/aromatic N) is 2. The van der Waals surface area contributed by atoms with Crippen molar-refractivity contribution in [2.75, 3.05) is 0 Å². The van der Waals surface area contributed by atoms with Gasteiger partial charge in [-0.15, -0.1) is 22.7 Å². The second-order valence-corrected chi connectivity index (χ2v) is 8.07. The molecule has 0 atom stereocenters. The summed E-state index contributed by atoms with van der Waals surface area (Å²) in [6, 6.07) is 29.0. The molecule has 31 heavy (non-hydrogen) atoms. The van der Waals surface area contributed by atoms with Crippen molar-refractivity contribution in [3.8, 4) is 9.75 Å². The summed E-state index contributed by atoms with van der Waals surface area (Å²) in [5.74, 6) is 0. The standard InChI is InChI=1S/C23H18N2S2.2C2H6/c1-3-7-18(8-4-1)15-16-24-22-13-11-20(26-22)21-12-14-23(27-21)25-17-19-9-5-2-6-10-19;2*1-2/h1-14,16-17H,15H2;2*1-2H3/b24-16+,25-17+;;. The van der Waals surface area contributed by atoms with Crippen LogP contribution in [0.1, 0.15) is 38.8 Å². The molecule has 160 valence electrons. The van der Waals surface area contributed by atoms with Crippen LogP contribution in [-0.4, -0.2) is 12.4 Å². The molecule has 0 saturated heterocycles. The van der Waals surface area contributed by atoms with Crippen molar-refractivity contribution >= 4 is 45.1 Å². The van der Waals surface area contributed by atoms with Crippen LogP contribution in [0.2, 0.25) is 0 Å². The molecule has 0 aliphatic carbocycles. The molecule has 0 amide bonds. The molecule has 0 bridgehead atoms. The maximum absolute atomic E-state index is 4.60. The Bertz CT molecular complexity index is 1050. The molecular weight excluding hydrogens is 416 g/mol. The molecule has 0 aliphatic rings. The van der Waals surface area contributed by atoms with E-state index < -0.39 is 0 Å². The van der Waals surface area contributed by atoms with Crippen LogP contribution in [0, 0.1) is 0 Å². The van der Waals surface area contributed by atoms with Crippen LogP contribution in [0.4, 0.5) is 10.0 Å². The van der Waals surface area contributed by atoms with Gasteiger partial charge in [0.2, 0.25) is 0 Å². The van der Waals surface area contributed by atoms with Gasteiger partial charge in [-0.25, -0.2) is 4.99 Å². The van der Waals surface area contributed by atoms with Gasteiger partial charge in [-0.05, 0) is 35.4 Å². The van der Waals surface area contributed by atoms with Crippen LogP contribution in [-0.2, 0) is 6.42 Å². The minimum atomic E-state index is 0.853. The van der Waals surface area contributed by atoms with Gasteiger partial charge in [-0.3, -0.25) is 4.99 Å². The molecule has 4 heteroatoms. The highest BCUT2D eigenvalue weighted by atomic mass is 32.1. The summed E-state index contributed by atoms with van der Waals surface area (Å²) in [6.45, 7) is 8.00. The van der Waals surface area contributed by atoms with E-state index in [1.54, 1.807) is 22.7 Å². The van der Waals surface area contributed by atoms with Crippen molar-refractivity contribution in [2.24, 2.45) is 9.98 Å². The fourth-order valence-electron chi connectivity index (χ4n) is 2.59. The maximum atomic E-state index is 4.60.